The molecule has 2 rings (SSSR count). The van der Waals surface area contributed by atoms with E-state index in [-0.39, 0.29) is 5.91 Å². The standard InChI is InChI=1S/C18H32N6O2/c1-4-6-11-26-12-7-8-20-18(19-5-2)23-9-10-24(17(25)15-23)16-13-21-22(3)14-16/h13-14H,4-12,15H2,1-3H3,(H,19,20). The van der Waals surface area contributed by atoms with Crippen LogP contribution in [-0.2, 0) is 16.6 Å². The molecule has 8 heteroatoms. The van der Waals surface area contributed by atoms with Crippen LogP contribution in [0.2, 0.25) is 0 Å². The Balaban J connectivity index is 1.84. The number of carbonyl (C=O) groups excluding carboxylic acids is 1. The zero-order valence-electron chi connectivity index (χ0n) is 16.3. The number of piperazine rings is 1. The predicted molar refractivity (Wildman–Crippen MR) is 103 cm³/mol. The number of rotatable bonds is 9. The van der Waals surface area contributed by atoms with Crippen LogP contribution in [0.5, 0.6) is 0 Å². The van der Waals surface area contributed by atoms with Crippen molar-refractivity contribution in [1.29, 1.82) is 0 Å². The lowest BCUT2D eigenvalue weighted by Gasteiger charge is -2.35. The van der Waals surface area contributed by atoms with E-state index in [0.717, 1.165) is 57.2 Å². The molecule has 1 amide bonds. The summed E-state index contributed by atoms with van der Waals surface area (Å²) >= 11 is 0. The number of nitrogens with zero attached hydrogens (tertiary/aromatic N) is 5. The van der Waals surface area contributed by atoms with Crippen LogP contribution in [-0.4, -0.2) is 72.5 Å². The van der Waals surface area contributed by atoms with Gasteiger partial charge in [0, 0.05) is 52.6 Å². The summed E-state index contributed by atoms with van der Waals surface area (Å²) in [7, 11) is 1.85. The first-order chi connectivity index (χ1) is 12.7. The van der Waals surface area contributed by atoms with E-state index in [4.69, 9.17) is 4.74 Å². The van der Waals surface area contributed by atoms with E-state index in [9.17, 15) is 4.79 Å². The summed E-state index contributed by atoms with van der Waals surface area (Å²) in [5.41, 5.74) is 0.850. The molecule has 1 N–H and O–H groups in total. The van der Waals surface area contributed by atoms with Crippen LogP contribution in [0.3, 0.4) is 0 Å². The van der Waals surface area contributed by atoms with Crippen LogP contribution >= 0.6 is 0 Å². The third-order valence-electron chi connectivity index (χ3n) is 4.21. The topological polar surface area (TPSA) is 75.0 Å². The van der Waals surface area contributed by atoms with Crippen LogP contribution in [0.4, 0.5) is 5.69 Å². The molecule has 0 saturated carbocycles. The Hall–Kier alpha value is -2.09. The number of aromatic nitrogens is 2. The van der Waals surface area contributed by atoms with Crippen molar-refractivity contribution >= 4 is 17.6 Å². The van der Waals surface area contributed by atoms with Gasteiger partial charge in [-0.1, -0.05) is 13.3 Å². The summed E-state index contributed by atoms with van der Waals surface area (Å²) in [6, 6.07) is 0. The van der Waals surface area contributed by atoms with Crippen molar-refractivity contribution < 1.29 is 9.53 Å². The normalized spacial score (nSPS) is 15.7. The highest BCUT2D eigenvalue weighted by Crippen LogP contribution is 2.16. The fourth-order valence-corrected chi connectivity index (χ4v) is 2.80. The summed E-state index contributed by atoms with van der Waals surface area (Å²) in [4.78, 5) is 21.0. The zero-order valence-corrected chi connectivity index (χ0v) is 16.3. The second-order valence-corrected chi connectivity index (χ2v) is 6.39. The number of unbranched alkanes of at least 4 members (excludes halogenated alkanes) is 1. The van der Waals surface area contributed by atoms with Crippen molar-refractivity contribution in [3.8, 4) is 0 Å². The third-order valence-corrected chi connectivity index (χ3v) is 4.21. The monoisotopic (exact) mass is 364 g/mol. The molecule has 2 heterocycles. The molecular weight excluding hydrogens is 332 g/mol. The van der Waals surface area contributed by atoms with Gasteiger partial charge in [-0.05, 0) is 19.8 Å². The Morgan fingerprint density at radius 2 is 2.12 bits per heavy atom. The molecule has 0 bridgehead atoms. The molecule has 26 heavy (non-hydrogen) atoms. The molecule has 1 fully saturated rings. The first-order valence-electron chi connectivity index (χ1n) is 9.55. The van der Waals surface area contributed by atoms with E-state index >= 15 is 0 Å². The first-order valence-corrected chi connectivity index (χ1v) is 9.55. The number of nitrogens with one attached hydrogen (secondary N) is 1. The number of ether oxygens (including phenoxy) is 1. The van der Waals surface area contributed by atoms with Gasteiger partial charge in [0.15, 0.2) is 5.96 Å². The second-order valence-electron chi connectivity index (χ2n) is 6.39. The second kappa shape index (κ2) is 10.8. The van der Waals surface area contributed by atoms with Crippen LogP contribution in [0.15, 0.2) is 17.4 Å². The minimum atomic E-state index is 0.0674. The number of carbonyl (C=O) groups is 1. The molecule has 0 atom stereocenters. The number of anilines is 1. The quantitative estimate of drug-likeness (QED) is 0.405. The lowest BCUT2D eigenvalue weighted by atomic mass is 10.3. The van der Waals surface area contributed by atoms with Crippen molar-refractivity contribution in [3.63, 3.8) is 0 Å². The fourth-order valence-electron chi connectivity index (χ4n) is 2.80. The number of hydrogen-bond acceptors (Lipinski definition) is 4. The van der Waals surface area contributed by atoms with Gasteiger partial charge in [0.2, 0.25) is 5.91 Å². The highest BCUT2D eigenvalue weighted by molar-refractivity contribution is 5.98. The van der Waals surface area contributed by atoms with E-state index < -0.39 is 0 Å². The fraction of sp³-hybridized carbons (Fsp3) is 0.722. The highest BCUT2D eigenvalue weighted by Gasteiger charge is 2.27. The van der Waals surface area contributed by atoms with Crippen molar-refractivity contribution in [2.45, 2.75) is 33.1 Å². The number of guanidine groups is 1. The van der Waals surface area contributed by atoms with Gasteiger partial charge >= 0.3 is 0 Å². The van der Waals surface area contributed by atoms with Gasteiger partial charge in [-0.15, -0.1) is 0 Å². The lowest BCUT2D eigenvalue weighted by molar-refractivity contribution is -0.120. The van der Waals surface area contributed by atoms with Gasteiger partial charge in [-0.25, -0.2) is 0 Å². The van der Waals surface area contributed by atoms with E-state index in [1.165, 1.54) is 0 Å². The van der Waals surface area contributed by atoms with Crippen LogP contribution in [0.1, 0.15) is 33.1 Å². The number of hydrogen-bond donors (Lipinski definition) is 1. The van der Waals surface area contributed by atoms with Crippen molar-refractivity contribution in [3.05, 3.63) is 12.4 Å². The molecular formula is C18H32N6O2. The Labute approximate surface area is 156 Å². The van der Waals surface area contributed by atoms with E-state index in [1.54, 1.807) is 15.8 Å². The van der Waals surface area contributed by atoms with Crippen LogP contribution in [0, 0.1) is 0 Å². The Kier molecular flexibility index (Phi) is 8.40. The molecule has 1 aromatic rings. The van der Waals surface area contributed by atoms with Gasteiger partial charge in [0.1, 0.15) is 6.54 Å². The summed E-state index contributed by atoms with van der Waals surface area (Å²) in [5.74, 6) is 0.873. The minimum Gasteiger partial charge on any atom is -0.381 e. The largest absolute Gasteiger partial charge is 0.381 e. The SMILES string of the molecule is CCCCOCCCN=C(NCC)N1CCN(c2cnn(C)c2)C(=O)C1. The Bertz CT molecular complexity index is 586. The first kappa shape index (κ1) is 20.2. The molecule has 1 saturated heterocycles. The molecule has 0 unspecified atom stereocenters. The smallest absolute Gasteiger partial charge is 0.246 e. The van der Waals surface area contributed by atoms with Crippen molar-refractivity contribution in [1.82, 2.24) is 20.0 Å². The van der Waals surface area contributed by atoms with Crippen molar-refractivity contribution in [2.24, 2.45) is 12.0 Å². The molecule has 1 aromatic heterocycles. The maximum atomic E-state index is 12.5. The molecule has 146 valence electrons. The molecule has 1 aliphatic heterocycles. The summed E-state index contributed by atoms with van der Waals surface area (Å²) < 4.78 is 7.28. The van der Waals surface area contributed by atoms with Crippen LogP contribution in [0.25, 0.3) is 0 Å². The molecule has 8 nitrogen and oxygen atoms in total. The molecule has 0 spiro atoms. The summed E-state index contributed by atoms with van der Waals surface area (Å²) in [6.07, 6.45) is 6.75. The van der Waals surface area contributed by atoms with E-state index in [1.807, 2.05) is 25.1 Å². The van der Waals surface area contributed by atoms with Gasteiger partial charge < -0.3 is 19.9 Å². The zero-order chi connectivity index (χ0) is 18.8. The van der Waals surface area contributed by atoms with Crippen LogP contribution < -0.4 is 10.2 Å². The number of aryl methyl sites for hydroxylation is 1. The summed E-state index contributed by atoms with van der Waals surface area (Å²) in [6.45, 7) is 8.95. The van der Waals surface area contributed by atoms with E-state index in [0.29, 0.717) is 19.6 Å². The maximum absolute atomic E-state index is 12.5. The van der Waals surface area contributed by atoms with Gasteiger partial charge in [0.05, 0.1) is 11.9 Å². The predicted octanol–water partition coefficient (Wildman–Crippen LogP) is 1.24. The molecule has 0 aliphatic carbocycles. The number of amides is 1. The van der Waals surface area contributed by atoms with Crippen molar-refractivity contribution in [2.75, 3.05) is 50.8 Å². The van der Waals surface area contributed by atoms with Gasteiger partial charge in [0.25, 0.3) is 0 Å². The molecule has 1 aliphatic rings. The third kappa shape index (κ3) is 6.01. The average Bonchev–Trinajstić information content (AvgIpc) is 3.06. The van der Waals surface area contributed by atoms with Gasteiger partial charge in [-0.2, -0.15) is 5.10 Å². The minimum absolute atomic E-state index is 0.0674. The summed E-state index contributed by atoms with van der Waals surface area (Å²) in [5, 5.41) is 7.44. The Morgan fingerprint density at radius 3 is 2.77 bits per heavy atom. The molecule has 0 aromatic carbocycles. The maximum Gasteiger partial charge on any atom is 0.246 e. The van der Waals surface area contributed by atoms with Gasteiger partial charge in [-0.3, -0.25) is 14.5 Å². The highest BCUT2D eigenvalue weighted by atomic mass is 16.5. The average molecular weight is 364 g/mol. The number of aliphatic imine (C=N–C) groups is 1. The lowest BCUT2D eigenvalue weighted by Crippen LogP contribution is -2.55. The van der Waals surface area contributed by atoms with E-state index in [2.05, 4.69) is 22.3 Å². The Morgan fingerprint density at radius 1 is 1.31 bits per heavy atom. The molecule has 0 radical (unpaired) electrons.